The molecule has 3 heteroatoms. The van der Waals surface area contributed by atoms with Gasteiger partial charge in [-0.2, -0.15) is 5.10 Å². The van der Waals surface area contributed by atoms with E-state index in [0.717, 1.165) is 19.6 Å². The third-order valence-electron chi connectivity index (χ3n) is 3.85. The van der Waals surface area contributed by atoms with E-state index in [4.69, 9.17) is 5.10 Å². The molecule has 0 spiro atoms. The molecule has 1 heterocycles. The Labute approximate surface area is 128 Å². The monoisotopic (exact) mass is 287 g/mol. The molecule has 1 aromatic heterocycles. The molecule has 0 amide bonds. The average Bonchev–Trinajstić information content (AvgIpc) is 2.77. The summed E-state index contributed by atoms with van der Waals surface area (Å²) < 4.78 is 2.20. The smallest absolute Gasteiger partial charge is 0.0841 e. The van der Waals surface area contributed by atoms with Gasteiger partial charge in [0.1, 0.15) is 0 Å². The third-order valence-corrected chi connectivity index (χ3v) is 3.85. The van der Waals surface area contributed by atoms with E-state index in [2.05, 4.69) is 62.0 Å². The maximum Gasteiger partial charge on any atom is 0.0841 e. The predicted molar refractivity (Wildman–Crippen MR) is 90.3 cm³/mol. The molecule has 0 aliphatic rings. The summed E-state index contributed by atoms with van der Waals surface area (Å²) in [5.41, 5.74) is 2.44. The van der Waals surface area contributed by atoms with Crippen molar-refractivity contribution in [1.29, 1.82) is 0 Å². The predicted octanol–water partition coefficient (Wildman–Crippen LogP) is 4.22. The van der Waals surface area contributed by atoms with Crippen LogP contribution in [0.4, 0.5) is 0 Å². The molecule has 0 radical (unpaired) electrons. The Morgan fingerprint density at radius 3 is 2.67 bits per heavy atom. The second-order valence-corrected chi connectivity index (χ2v) is 6.56. The zero-order valence-corrected chi connectivity index (χ0v) is 13.9. The number of benzene rings is 1. The minimum absolute atomic E-state index is 0.669. The normalized spacial score (nSPS) is 13.2. The second-order valence-electron chi connectivity index (χ2n) is 6.56. The van der Waals surface area contributed by atoms with Crippen LogP contribution in [-0.4, -0.2) is 16.3 Å². The van der Waals surface area contributed by atoms with Crippen molar-refractivity contribution in [3.8, 4) is 0 Å². The van der Waals surface area contributed by atoms with Gasteiger partial charge in [-0.1, -0.05) is 52.3 Å². The van der Waals surface area contributed by atoms with Crippen molar-refractivity contribution in [3.05, 3.63) is 30.0 Å². The molecular formula is C18H29N3. The minimum atomic E-state index is 0.669. The molecule has 0 bridgehead atoms. The number of aromatic nitrogens is 2. The maximum absolute atomic E-state index is 4.86. The zero-order valence-electron chi connectivity index (χ0n) is 13.9. The van der Waals surface area contributed by atoms with Crippen LogP contribution in [0.2, 0.25) is 0 Å². The molecule has 2 aromatic rings. The zero-order chi connectivity index (χ0) is 15.2. The van der Waals surface area contributed by atoms with Crippen LogP contribution >= 0.6 is 0 Å². The molecule has 1 aromatic carbocycles. The van der Waals surface area contributed by atoms with Crippen LogP contribution in [-0.2, 0) is 13.1 Å². The minimum Gasteiger partial charge on any atom is -0.311 e. The highest BCUT2D eigenvalue weighted by atomic mass is 15.3. The van der Waals surface area contributed by atoms with E-state index in [1.54, 1.807) is 0 Å². The first-order valence-electron chi connectivity index (χ1n) is 8.27. The lowest BCUT2D eigenvalue weighted by atomic mass is 10.1. The van der Waals surface area contributed by atoms with Crippen LogP contribution < -0.4 is 5.32 Å². The highest BCUT2D eigenvalue weighted by molar-refractivity contribution is 5.81. The van der Waals surface area contributed by atoms with E-state index in [-0.39, 0.29) is 0 Å². The number of hydrogen-bond acceptors (Lipinski definition) is 2. The number of para-hydroxylation sites is 1. The lowest BCUT2D eigenvalue weighted by Gasteiger charge is -2.10. The van der Waals surface area contributed by atoms with Crippen molar-refractivity contribution < 1.29 is 0 Å². The molecule has 1 unspecified atom stereocenters. The molecule has 1 atom stereocenters. The summed E-state index contributed by atoms with van der Waals surface area (Å²) in [4.78, 5) is 0. The first-order valence-corrected chi connectivity index (χ1v) is 8.27. The Morgan fingerprint density at radius 1 is 1.19 bits per heavy atom. The Kier molecular flexibility index (Phi) is 5.80. The molecule has 0 aliphatic carbocycles. The topological polar surface area (TPSA) is 29.9 Å². The lowest BCUT2D eigenvalue weighted by molar-refractivity contribution is 0.425. The Morgan fingerprint density at radius 2 is 1.95 bits per heavy atom. The fourth-order valence-corrected chi connectivity index (χ4v) is 2.82. The lowest BCUT2D eigenvalue weighted by Crippen LogP contribution is -2.19. The van der Waals surface area contributed by atoms with Crippen LogP contribution in [0.5, 0.6) is 0 Å². The van der Waals surface area contributed by atoms with Gasteiger partial charge in [-0.05, 0) is 30.9 Å². The Balaban J connectivity index is 2.17. The van der Waals surface area contributed by atoms with E-state index >= 15 is 0 Å². The van der Waals surface area contributed by atoms with E-state index in [1.807, 2.05) is 0 Å². The van der Waals surface area contributed by atoms with Gasteiger partial charge in [0.2, 0.25) is 0 Å². The molecular weight excluding hydrogens is 258 g/mol. The van der Waals surface area contributed by atoms with Crippen molar-refractivity contribution in [2.24, 2.45) is 11.8 Å². The number of nitrogens with zero attached hydrogens (tertiary/aromatic N) is 2. The summed E-state index contributed by atoms with van der Waals surface area (Å²) in [6.07, 6.45) is 2.50. The quantitative estimate of drug-likeness (QED) is 0.788. The average molecular weight is 287 g/mol. The van der Waals surface area contributed by atoms with Crippen LogP contribution in [0.25, 0.3) is 10.9 Å². The third kappa shape index (κ3) is 4.31. The van der Waals surface area contributed by atoms with Crippen LogP contribution in [0.3, 0.4) is 0 Å². The van der Waals surface area contributed by atoms with Crippen molar-refractivity contribution in [2.45, 2.75) is 53.6 Å². The van der Waals surface area contributed by atoms with Gasteiger partial charge in [0, 0.05) is 18.5 Å². The summed E-state index contributed by atoms with van der Waals surface area (Å²) in [5.74, 6) is 1.35. The largest absolute Gasteiger partial charge is 0.311 e. The molecule has 116 valence electrons. The number of fused-ring (bicyclic) bond motifs is 1. The summed E-state index contributed by atoms with van der Waals surface area (Å²) in [7, 11) is 0. The standard InChI is InChI=1S/C18H29N3/c1-5-8-15(4)13-21-18-10-7-6-9-16(18)17(20-21)12-19-11-14(2)3/h6-7,9-10,14-15,19H,5,8,11-13H2,1-4H3. The molecule has 0 saturated carbocycles. The van der Waals surface area contributed by atoms with Gasteiger partial charge in [-0.15, -0.1) is 0 Å². The summed E-state index contributed by atoms with van der Waals surface area (Å²) in [5, 5.41) is 9.66. The van der Waals surface area contributed by atoms with Gasteiger partial charge in [-0.25, -0.2) is 0 Å². The van der Waals surface area contributed by atoms with Gasteiger partial charge in [-0.3, -0.25) is 4.68 Å². The second kappa shape index (κ2) is 7.60. The fourth-order valence-electron chi connectivity index (χ4n) is 2.82. The van der Waals surface area contributed by atoms with Crippen molar-refractivity contribution >= 4 is 10.9 Å². The fraction of sp³-hybridized carbons (Fsp3) is 0.611. The first kappa shape index (κ1) is 16.0. The van der Waals surface area contributed by atoms with E-state index < -0.39 is 0 Å². The van der Waals surface area contributed by atoms with E-state index in [1.165, 1.54) is 29.4 Å². The van der Waals surface area contributed by atoms with Gasteiger partial charge in [0.05, 0.1) is 11.2 Å². The molecule has 3 nitrogen and oxygen atoms in total. The van der Waals surface area contributed by atoms with Crippen molar-refractivity contribution in [2.75, 3.05) is 6.54 Å². The Hall–Kier alpha value is -1.35. The van der Waals surface area contributed by atoms with Crippen molar-refractivity contribution in [3.63, 3.8) is 0 Å². The molecule has 21 heavy (non-hydrogen) atoms. The number of rotatable bonds is 8. The maximum atomic E-state index is 4.86. The van der Waals surface area contributed by atoms with Crippen LogP contribution in [0.1, 0.15) is 46.2 Å². The summed E-state index contributed by atoms with van der Waals surface area (Å²) in [6.45, 7) is 11.9. The van der Waals surface area contributed by atoms with E-state index in [0.29, 0.717) is 11.8 Å². The summed E-state index contributed by atoms with van der Waals surface area (Å²) >= 11 is 0. The van der Waals surface area contributed by atoms with Gasteiger partial charge in [0.25, 0.3) is 0 Å². The molecule has 0 fully saturated rings. The molecule has 2 rings (SSSR count). The number of hydrogen-bond donors (Lipinski definition) is 1. The molecule has 0 saturated heterocycles. The van der Waals surface area contributed by atoms with E-state index in [9.17, 15) is 0 Å². The first-order chi connectivity index (χ1) is 10.1. The molecule has 1 N–H and O–H groups in total. The van der Waals surface area contributed by atoms with Crippen LogP contribution in [0, 0.1) is 11.8 Å². The number of nitrogens with one attached hydrogen (secondary N) is 1. The van der Waals surface area contributed by atoms with Gasteiger partial charge < -0.3 is 5.32 Å². The van der Waals surface area contributed by atoms with Gasteiger partial charge in [0.15, 0.2) is 0 Å². The molecule has 0 aliphatic heterocycles. The Bertz CT molecular complexity index is 557. The SMILES string of the molecule is CCCC(C)Cn1nc(CNCC(C)C)c2ccccc21. The summed E-state index contributed by atoms with van der Waals surface area (Å²) in [6, 6.07) is 8.59. The van der Waals surface area contributed by atoms with Gasteiger partial charge >= 0.3 is 0 Å². The highest BCUT2D eigenvalue weighted by Crippen LogP contribution is 2.20. The van der Waals surface area contributed by atoms with Crippen LogP contribution in [0.15, 0.2) is 24.3 Å². The van der Waals surface area contributed by atoms with Crippen molar-refractivity contribution in [1.82, 2.24) is 15.1 Å². The highest BCUT2D eigenvalue weighted by Gasteiger charge is 2.12.